The lowest BCUT2D eigenvalue weighted by Gasteiger charge is -2.41. The van der Waals surface area contributed by atoms with Gasteiger partial charge < -0.3 is 15.3 Å². The molecule has 2 rings (SSSR count). The van der Waals surface area contributed by atoms with E-state index in [1.165, 1.54) is 0 Å². The Morgan fingerprint density at radius 2 is 1.95 bits per heavy atom. The Labute approximate surface area is 124 Å². The molecule has 1 heterocycles. The summed E-state index contributed by atoms with van der Waals surface area (Å²) in [4.78, 5) is 14.0. The molecule has 110 valence electrons. The number of anilines is 1. The Bertz CT molecular complexity index is 483. The van der Waals surface area contributed by atoms with Crippen molar-refractivity contribution < 1.29 is 9.90 Å². The van der Waals surface area contributed by atoms with Gasteiger partial charge in [0.05, 0.1) is 10.7 Å². The number of hydrogen-bond acceptors (Lipinski definition) is 3. The number of carboxylic acid groups (broad SMARTS) is 1. The molecule has 0 aliphatic carbocycles. The average molecular weight is 297 g/mol. The first-order valence-corrected chi connectivity index (χ1v) is 7.32. The van der Waals surface area contributed by atoms with E-state index in [-0.39, 0.29) is 0 Å². The summed E-state index contributed by atoms with van der Waals surface area (Å²) in [6.45, 7) is 5.83. The smallest absolute Gasteiger partial charge is 0.329 e. The number of halogens is 1. The van der Waals surface area contributed by atoms with Crippen molar-refractivity contribution in [1.82, 2.24) is 4.90 Å². The van der Waals surface area contributed by atoms with Gasteiger partial charge in [-0.15, -0.1) is 0 Å². The number of aliphatic carboxylic acids is 1. The molecule has 20 heavy (non-hydrogen) atoms. The molecular formula is C15H21ClN2O2. The topological polar surface area (TPSA) is 52.6 Å². The van der Waals surface area contributed by atoms with Crippen LogP contribution in [-0.2, 0) is 4.79 Å². The Morgan fingerprint density at radius 1 is 1.35 bits per heavy atom. The van der Waals surface area contributed by atoms with Crippen LogP contribution in [0.4, 0.5) is 5.69 Å². The Morgan fingerprint density at radius 3 is 2.45 bits per heavy atom. The fourth-order valence-electron chi connectivity index (χ4n) is 2.63. The number of para-hydroxylation sites is 1. The van der Waals surface area contributed by atoms with Crippen molar-refractivity contribution in [1.29, 1.82) is 0 Å². The van der Waals surface area contributed by atoms with E-state index in [4.69, 9.17) is 11.6 Å². The third kappa shape index (κ3) is 3.07. The van der Waals surface area contributed by atoms with Gasteiger partial charge in [0.25, 0.3) is 0 Å². The van der Waals surface area contributed by atoms with E-state index in [1.807, 2.05) is 18.2 Å². The molecule has 1 aromatic rings. The van der Waals surface area contributed by atoms with Gasteiger partial charge in [-0.25, -0.2) is 4.79 Å². The van der Waals surface area contributed by atoms with Gasteiger partial charge >= 0.3 is 5.97 Å². The number of nitrogens with zero attached hydrogens (tertiary/aromatic N) is 1. The van der Waals surface area contributed by atoms with Crippen molar-refractivity contribution >= 4 is 23.3 Å². The van der Waals surface area contributed by atoms with Gasteiger partial charge in [0.15, 0.2) is 0 Å². The van der Waals surface area contributed by atoms with E-state index in [0.717, 1.165) is 13.1 Å². The minimum absolute atomic E-state index is 0.446. The molecule has 2 N–H and O–H groups in total. The zero-order chi connectivity index (χ0) is 14.8. The second-order valence-electron chi connectivity index (χ2n) is 5.62. The zero-order valence-electron chi connectivity index (χ0n) is 11.9. The second-order valence-corrected chi connectivity index (χ2v) is 6.03. The summed E-state index contributed by atoms with van der Waals surface area (Å²) in [6.07, 6.45) is 1.15. The fraction of sp³-hybridized carbons (Fsp3) is 0.533. The number of carboxylic acids is 1. The van der Waals surface area contributed by atoms with Gasteiger partial charge in [-0.1, -0.05) is 23.7 Å². The summed E-state index contributed by atoms with van der Waals surface area (Å²) in [5.41, 5.74) is -0.231. The van der Waals surface area contributed by atoms with Crippen LogP contribution in [0.25, 0.3) is 0 Å². The first-order valence-electron chi connectivity index (χ1n) is 6.95. The largest absolute Gasteiger partial charge is 0.480 e. The van der Waals surface area contributed by atoms with E-state index in [0.29, 0.717) is 29.6 Å². The SMILES string of the molecule is CC(C)N1CCC(Nc2ccccc2Cl)(C(=O)O)CC1. The summed E-state index contributed by atoms with van der Waals surface area (Å²) in [7, 11) is 0. The highest BCUT2D eigenvalue weighted by molar-refractivity contribution is 6.33. The molecule has 1 aliphatic rings. The van der Waals surface area contributed by atoms with Gasteiger partial charge in [0.1, 0.15) is 5.54 Å². The van der Waals surface area contributed by atoms with E-state index >= 15 is 0 Å². The number of benzene rings is 1. The third-order valence-electron chi connectivity index (χ3n) is 4.04. The lowest BCUT2D eigenvalue weighted by molar-refractivity contribution is -0.144. The van der Waals surface area contributed by atoms with E-state index in [9.17, 15) is 9.90 Å². The molecular weight excluding hydrogens is 276 g/mol. The molecule has 0 radical (unpaired) electrons. The van der Waals surface area contributed by atoms with Crippen LogP contribution in [0.5, 0.6) is 0 Å². The van der Waals surface area contributed by atoms with Crippen LogP contribution in [-0.4, -0.2) is 40.6 Å². The molecule has 0 bridgehead atoms. The Hall–Kier alpha value is -1.26. The van der Waals surface area contributed by atoms with Crippen molar-refractivity contribution in [2.24, 2.45) is 0 Å². The number of piperidine rings is 1. The molecule has 0 amide bonds. The second kappa shape index (κ2) is 6.02. The van der Waals surface area contributed by atoms with Crippen LogP contribution in [0.2, 0.25) is 5.02 Å². The third-order valence-corrected chi connectivity index (χ3v) is 4.37. The van der Waals surface area contributed by atoms with Crippen LogP contribution in [0.3, 0.4) is 0 Å². The predicted octanol–water partition coefficient (Wildman–Crippen LogP) is 3.08. The minimum atomic E-state index is -0.920. The molecule has 1 aliphatic heterocycles. The first-order chi connectivity index (χ1) is 9.44. The fourth-order valence-corrected chi connectivity index (χ4v) is 2.82. The molecule has 1 aromatic carbocycles. The van der Waals surface area contributed by atoms with Crippen molar-refractivity contribution in [3.8, 4) is 0 Å². The minimum Gasteiger partial charge on any atom is -0.480 e. The van der Waals surface area contributed by atoms with Crippen LogP contribution in [0.1, 0.15) is 26.7 Å². The molecule has 1 fully saturated rings. The number of nitrogens with one attached hydrogen (secondary N) is 1. The van der Waals surface area contributed by atoms with Gasteiger partial charge in [0, 0.05) is 19.1 Å². The molecule has 0 unspecified atom stereocenters. The number of rotatable bonds is 4. The molecule has 5 heteroatoms. The highest BCUT2D eigenvalue weighted by Crippen LogP contribution is 2.31. The quantitative estimate of drug-likeness (QED) is 0.896. The van der Waals surface area contributed by atoms with E-state index < -0.39 is 11.5 Å². The Kier molecular flexibility index (Phi) is 4.55. The average Bonchev–Trinajstić information content (AvgIpc) is 2.42. The number of carbonyl (C=O) groups is 1. The molecule has 0 saturated carbocycles. The molecule has 0 spiro atoms. The molecule has 1 saturated heterocycles. The maximum atomic E-state index is 11.7. The van der Waals surface area contributed by atoms with E-state index in [1.54, 1.807) is 6.07 Å². The highest BCUT2D eigenvalue weighted by Gasteiger charge is 2.42. The van der Waals surface area contributed by atoms with Crippen molar-refractivity contribution in [3.05, 3.63) is 29.3 Å². The van der Waals surface area contributed by atoms with Crippen LogP contribution >= 0.6 is 11.6 Å². The molecule has 0 aromatic heterocycles. The van der Waals surface area contributed by atoms with Crippen molar-refractivity contribution in [2.45, 2.75) is 38.3 Å². The first kappa shape index (κ1) is 15.1. The van der Waals surface area contributed by atoms with Crippen LogP contribution in [0, 0.1) is 0 Å². The van der Waals surface area contributed by atoms with Gasteiger partial charge in [-0.3, -0.25) is 0 Å². The van der Waals surface area contributed by atoms with Crippen molar-refractivity contribution in [2.75, 3.05) is 18.4 Å². The van der Waals surface area contributed by atoms with Crippen LogP contribution in [0.15, 0.2) is 24.3 Å². The lowest BCUT2D eigenvalue weighted by Crippen LogP contribution is -2.55. The summed E-state index contributed by atoms with van der Waals surface area (Å²) in [5.74, 6) is -0.805. The molecule has 0 atom stereocenters. The molecule has 4 nitrogen and oxygen atoms in total. The number of likely N-dealkylation sites (tertiary alicyclic amines) is 1. The van der Waals surface area contributed by atoms with E-state index in [2.05, 4.69) is 24.1 Å². The predicted molar refractivity (Wildman–Crippen MR) is 81.4 cm³/mol. The van der Waals surface area contributed by atoms with Crippen molar-refractivity contribution in [3.63, 3.8) is 0 Å². The monoisotopic (exact) mass is 296 g/mol. The van der Waals surface area contributed by atoms with Crippen LogP contribution < -0.4 is 5.32 Å². The van der Waals surface area contributed by atoms with Gasteiger partial charge in [-0.05, 0) is 38.8 Å². The summed E-state index contributed by atoms with van der Waals surface area (Å²) in [6, 6.07) is 7.72. The highest BCUT2D eigenvalue weighted by atomic mass is 35.5. The van der Waals surface area contributed by atoms with Gasteiger partial charge in [0.2, 0.25) is 0 Å². The Balaban J connectivity index is 2.16. The standard InChI is InChI=1S/C15H21ClN2O2/c1-11(2)18-9-7-15(8-10-18,14(19)20)17-13-6-4-3-5-12(13)16/h3-6,11,17H,7-10H2,1-2H3,(H,19,20). The maximum Gasteiger partial charge on any atom is 0.329 e. The maximum absolute atomic E-state index is 11.7. The number of hydrogen-bond donors (Lipinski definition) is 2. The summed E-state index contributed by atoms with van der Waals surface area (Å²) in [5, 5.41) is 13.4. The van der Waals surface area contributed by atoms with Gasteiger partial charge in [-0.2, -0.15) is 0 Å². The zero-order valence-corrected chi connectivity index (χ0v) is 12.7. The summed E-state index contributed by atoms with van der Waals surface area (Å²) < 4.78 is 0. The lowest BCUT2D eigenvalue weighted by atomic mass is 9.86. The normalized spacial score (nSPS) is 19.0. The summed E-state index contributed by atoms with van der Waals surface area (Å²) >= 11 is 6.12.